The molecule has 2 N–H and O–H groups in total. The molecule has 0 amide bonds. The molecule has 5 nitrogen and oxygen atoms in total. The Morgan fingerprint density at radius 1 is 1.03 bits per heavy atom. The van der Waals surface area contributed by atoms with Crippen LogP contribution in [-0.2, 0) is 0 Å². The third-order valence-corrected chi connectivity index (χ3v) is 5.32. The van der Waals surface area contributed by atoms with Crippen LogP contribution in [0.3, 0.4) is 0 Å². The number of aliphatic imine (C=N–C) groups is 1. The number of nitrogens with zero attached hydrogens (tertiary/aromatic N) is 4. The zero-order chi connectivity index (χ0) is 22.6. The van der Waals surface area contributed by atoms with E-state index in [0.29, 0.717) is 5.82 Å². The van der Waals surface area contributed by atoms with Crippen LogP contribution in [0.25, 0.3) is 28.4 Å². The van der Waals surface area contributed by atoms with Crippen LogP contribution in [0, 0.1) is 0 Å². The molecule has 0 bridgehead atoms. The molecule has 0 aromatic carbocycles. The molecule has 5 rings (SSSR count). The Balaban J connectivity index is 1.79. The smallest absolute Gasteiger partial charge is 0.146 e. The summed E-state index contributed by atoms with van der Waals surface area (Å²) < 4.78 is 1.97. The van der Waals surface area contributed by atoms with E-state index in [1.807, 2.05) is 84.4 Å². The largest absolute Gasteiger partial charge is 0.384 e. The Labute approximate surface area is 192 Å². The van der Waals surface area contributed by atoms with E-state index in [9.17, 15) is 0 Å². The summed E-state index contributed by atoms with van der Waals surface area (Å²) in [6.07, 6.45) is 20.8. The summed E-state index contributed by atoms with van der Waals surface area (Å²) in [5.41, 5.74) is 19.1. The van der Waals surface area contributed by atoms with Gasteiger partial charge in [0, 0.05) is 46.8 Å². The van der Waals surface area contributed by atoms with Gasteiger partial charge in [0.1, 0.15) is 11.5 Å². The van der Waals surface area contributed by atoms with Gasteiger partial charge < -0.3 is 5.73 Å². The molecule has 158 valence electrons. The molecule has 0 unspecified atom stereocenters. The first kappa shape index (κ1) is 20.2. The number of allylic oxidation sites excluding steroid dienone is 8. The Hall–Kier alpha value is -4.69. The lowest BCUT2D eigenvalue weighted by Crippen LogP contribution is -2.04. The van der Waals surface area contributed by atoms with E-state index < -0.39 is 0 Å². The molecular formula is C28H21N5. The highest BCUT2D eigenvalue weighted by molar-refractivity contribution is 6.12. The third-order valence-electron chi connectivity index (χ3n) is 5.32. The van der Waals surface area contributed by atoms with Gasteiger partial charge in [-0.25, -0.2) is 4.98 Å². The minimum Gasteiger partial charge on any atom is -0.384 e. The first-order chi connectivity index (χ1) is 16.3. The topological polar surface area (TPSA) is 69.1 Å². The van der Waals surface area contributed by atoms with Crippen molar-refractivity contribution >= 4 is 39.9 Å². The van der Waals surface area contributed by atoms with Gasteiger partial charge in [-0.15, -0.1) is 11.5 Å². The molecule has 5 heteroatoms. The van der Waals surface area contributed by atoms with E-state index in [-0.39, 0.29) is 0 Å². The summed E-state index contributed by atoms with van der Waals surface area (Å²) in [6.45, 7) is 1.98. The summed E-state index contributed by atoms with van der Waals surface area (Å²) in [5.74, 6) is 0.615. The Morgan fingerprint density at radius 2 is 1.94 bits per heavy atom. The van der Waals surface area contributed by atoms with Crippen molar-refractivity contribution < 1.29 is 0 Å². The van der Waals surface area contributed by atoms with Gasteiger partial charge >= 0.3 is 0 Å². The molecule has 0 fully saturated rings. The van der Waals surface area contributed by atoms with E-state index in [1.54, 1.807) is 18.6 Å². The Bertz CT molecular complexity index is 1530. The van der Waals surface area contributed by atoms with Crippen LogP contribution in [-0.4, -0.2) is 20.2 Å². The van der Waals surface area contributed by atoms with E-state index in [4.69, 9.17) is 5.73 Å². The van der Waals surface area contributed by atoms with Gasteiger partial charge in [-0.05, 0) is 61.6 Å². The van der Waals surface area contributed by atoms with Gasteiger partial charge in [0.05, 0.1) is 17.1 Å². The summed E-state index contributed by atoms with van der Waals surface area (Å²) in [5, 5.41) is 0.988. The van der Waals surface area contributed by atoms with Crippen LogP contribution in [0.4, 0.5) is 5.82 Å². The minimum absolute atomic E-state index is 0.615. The van der Waals surface area contributed by atoms with Crippen molar-refractivity contribution in [2.75, 3.05) is 5.73 Å². The monoisotopic (exact) mass is 427 g/mol. The number of hydrogen-bond donors (Lipinski definition) is 1. The maximum absolute atomic E-state index is 6.70. The highest BCUT2D eigenvalue weighted by Gasteiger charge is 2.18. The van der Waals surface area contributed by atoms with Gasteiger partial charge in [-0.1, -0.05) is 18.2 Å². The van der Waals surface area contributed by atoms with E-state index in [1.165, 1.54) is 0 Å². The molecule has 0 spiro atoms. The maximum Gasteiger partial charge on any atom is 0.146 e. The first-order valence-corrected chi connectivity index (χ1v) is 10.6. The molecule has 3 aromatic heterocycles. The highest BCUT2D eigenvalue weighted by atomic mass is 15.1. The lowest BCUT2D eigenvalue weighted by Gasteiger charge is -2.11. The van der Waals surface area contributed by atoms with Crippen molar-refractivity contribution in [1.29, 1.82) is 0 Å². The highest BCUT2D eigenvalue weighted by Crippen LogP contribution is 2.34. The molecule has 1 aliphatic carbocycles. The van der Waals surface area contributed by atoms with Crippen LogP contribution in [0.1, 0.15) is 18.2 Å². The molecule has 1 aliphatic heterocycles. The van der Waals surface area contributed by atoms with Crippen LogP contribution >= 0.6 is 0 Å². The molecule has 0 atom stereocenters. The van der Waals surface area contributed by atoms with Crippen molar-refractivity contribution in [2.45, 2.75) is 6.92 Å². The predicted octanol–water partition coefficient (Wildman–Crippen LogP) is 5.75. The van der Waals surface area contributed by atoms with Crippen LogP contribution in [0.2, 0.25) is 0 Å². The average molecular weight is 428 g/mol. The number of rotatable bonds is 4. The number of hydrogen-bond acceptors (Lipinski definition) is 4. The maximum atomic E-state index is 6.70. The summed E-state index contributed by atoms with van der Waals surface area (Å²) in [7, 11) is 0. The standard InChI is InChI=1S/C28H21N5/c1-2-9-23-24-10-8-17-32-28(24)33(27(23)29)22-18-20(25-11-4-3-6-15-30-25)13-14-21(19-22)26-12-5-7-16-31-26/h2-3,5-12,14-19H,29H2,1H3/b9-2-. The van der Waals surface area contributed by atoms with Gasteiger partial charge in [0.15, 0.2) is 0 Å². The van der Waals surface area contributed by atoms with Crippen molar-refractivity contribution in [3.8, 4) is 0 Å². The number of anilines is 1. The van der Waals surface area contributed by atoms with Crippen LogP contribution in [0.5, 0.6) is 0 Å². The van der Waals surface area contributed by atoms with Crippen molar-refractivity contribution in [2.24, 2.45) is 4.99 Å². The number of nitrogen functional groups attached to an aromatic ring is 1. The Kier molecular flexibility index (Phi) is 5.40. The molecule has 33 heavy (non-hydrogen) atoms. The molecule has 0 radical (unpaired) electrons. The molecule has 0 saturated heterocycles. The quantitative estimate of drug-likeness (QED) is 0.539. The molecule has 0 saturated carbocycles. The molecule has 4 heterocycles. The second-order valence-corrected chi connectivity index (χ2v) is 7.43. The second kappa shape index (κ2) is 8.81. The first-order valence-electron chi connectivity index (χ1n) is 10.6. The van der Waals surface area contributed by atoms with E-state index in [2.05, 4.69) is 32.5 Å². The van der Waals surface area contributed by atoms with Crippen LogP contribution in [0.15, 0.2) is 113 Å². The number of pyridine rings is 2. The fourth-order valence-corrected chi connectivity index (χ4v) is 3.84. The van der Waals surface area contributed by atoms with Crippen molar-refractivity contribution in [1.82, 2.24) is 14.5 Å². The normalized spacial score (nSPS) is 15.3. The summed E-state index contributed by atoms with van der Waals surface area (Å²) in [6, 6.07) is 9.80. The Morgan fingerprint density at radius 3 is 2.79 bits per heavy atom. The third kappa shape index (κ3) is 3.86. The van der Waals surface area contributed by atoms with Gasteiger partial charge in [-0.3, -0.25) is 14.5 Å². The van der Waals surface area contributed by atoms with Gasteiger partial charge in [0.2, 0.25) is 0 Å². The lowest BCUT2D eigenvalue weighted by atomic mass is 10.1. The lowest BCUT2D eigenvalue weighted by molar-refractivity contribution is 1.14. The zero-order valence-corrected chi connectivity index (χ0v) is 18.1. The van der Waals surface area contributed by atoms with E-state index >= 15 is 0 Å². The molecular weight excluding hydrogens is 406 g/mol. The number of nitrogens with two attached hydrogens (primary N) is 1. The van der Waals surface area contributed by atoms with E-state index in [0.717, 1.165) is 44.8 Å². The summed E-state index contributed by atoms with van der Waals surface area (Å²) in [4.78, 5) is 13.7. The van der Waals surface area contributed by atoms with Gasteiger partial charge in [-0.2, -0.15) is 0 Å². The number of fused-ring (bicyclic) bond motifs is 1. The number of aromatic nitrogens is 3. The second-order valence-electron chi connectivity index (χ2n) is 7.43. The zero-order valence-electron chi connectivity index (χ0n) is 18.1. The van der Waals surface area contributed by atoms with Crippen LogP contribution < -0.4 is 5.73 Å². The van der Waals surface area contributed by atoms with Crippen molar-refractivity contribution in [3.05, 3.63) is 120 Å². The average Bonchev–Trinajstić information content (AvgIpc) is 3.09. The molecule has 3 aromatic rings. The van der Waals surface area contributed by atoms with Gasteiger partial charge in [0.25, 0.3) is 0 Å². The SMILES string of the molecule is C/C=C\c1c(N)n(C2=CC(C3=NC=CC=C=C3)=C=CC(c3ccccn3)=C2)c2ncccc12. The summed E-state index contributed by atoms with van der Waals surface area (Å²) >= 11 is 0. The minimum atomic E-state index is 0.615. The fraction of sp³-hybridized carbons (Fsp3) is 0.0357. The van der Waals surface area contributed by atoms with Crippen molar-refractivity contribution in [3.63, 3.8) is 0 Å². The fourth-order valence-electron chi connectivity index (χ4n) is 3.84. The predicted molar refractivity (Wildman–Crippen MR) is 136 cm³/mol. The molecule has 2 aliphatic rings.